The van der Waals surface area contributed by atoms with Crippen molar-refractivity contribution >= 4 is 21.6 Å². The summed E-state index contributed by atoms with van der Waals surface area (Å²) in [7, 11) is -3.42. The van der Waals surface area contributed by atoms with Gasteiger partial charge in [-0.3, -0.25) is 4.79 Å². The number of carbonyl (C=O) groups excluding carboxylic acids is 1. The molecule has 1 amide bonds. The molecule has 2 heterocycles. The van der Waals surface area contributed by atoms with Crippen LogP contribution in [0.3, 0.4) is 0 Å². The Morgan fingerprint density at radius 3 is 2.58 bits per heavy atom. The topological polar surface area (TPSA) is 84.9 Å². The van der Waals surface area contributed by atoms with E-state index in [4.69, 9.17) is 9.47 Å². The van der Waals surface area contributed by atoms with Crippen molar-refractivity contribution in [1.82, 2.24) is 4.31 Å². The van der Waals surface area contributed by atoms with Crippen molar-refractivity contribution in [1.29, 1.82) is 0 Å². The van der Waals surface area contributed by atoms with Gasteiger partial charge >= 0.3 is 0 Å². The Balaban J connectivity index is 1.43. The van der Waals surface area contributed by atoms with Gasteiger partial charge in [-0.1, -0.05) is 0 Å². The number of amides is 1. The van der Waals surface area contributed by atoms with Gasteiger partial charge in [0.2, 0.25) is 15.9 Å². The summed E-state index contributed by atoms with van der Waals surface area (Å²) >= 11 is 0. The standard InChI is InChI=1S/C18H26N2O5S/c21-18(9-13-24-14-16-4-3-12-25-16)19-15-5-7-17(8-6-15)26(22,23)20-10-1-2-11-20/h5-8,16H,1-4,9-14H2,(H,19,21). The van der Waals surface area contributed by atoms with Crippen LogP contribution in [0.25, 0.3) is 0 Å². The molecule has 1 unspecified atom stereocenters. The lowest BCUT2D eigenvalue weighted by molar-refractivity contribution is -0.117. The number of hydrogen-bond acceptors (Lipinski definition) is 5. The minimum absolute atomic E-state index is 0.156. The molecule has 0 spiro atoms. The molecule has 2 aliphatic rings. The van der Waals surface area contributed by atoms with E-state index in [9.17, 15) is 13.2 Å². The summed E-state index contributed by atoms with van der Waals surface area (Å²) in [6, 6.07) is 6.32. The molecule has 8 heteroatoms. The maximum atomic E-state index is 12.5. The summed E-state index contributed by atoms with van der Waals surface area (Å²) in [6.07, 6.45) is 4.30. The monoisotopic (exact) mass is 382 g/mol. The molecule has 2 saturated heterocycles. The third-order valence-corrected chi connectivity index (χ3v) is 6.55. The van der Waals surface area contributed by atoms with Crippen LogP contribution < -0.4 is 5.32 Å². The minimum atomic E-state index is -3.42. The highest BCUT2D eigenvalue weighted by Crippen LogP contribution is 2.22. The van der Waals surface area contributed by atoms with Gasteiger partial charge in [-0.25, -0.2) is 8.42 Å². The number of ether oxygens (including phenoxy) is 2. The number of rotatable bonds is 8. The van der Waals surface area contributed by atoms with E-state index in [0.717, 1.165) is 32.3 Å². The van der Waals surface area contributed by atoms with E-state index < -0.39 is 10.0 Å². The summed E-state index contributed by atoms with van der Waals surface area (Å²) < 4.78 is 37.4. The summed E-state index contributed by atoms with van der Waals surface area (Å²) in [5.41, 5.74) is 0.578. The van der Waals surface area contributed by atoms with E-state index in [1.807, 2.05) is 0 Å². The number of sulfonamides is 1. The summed E-state index contributed by atoms with van der Waals surface area (Å²) in [6.45, 7) is 2.81. The number of nitrogens with zero attached hydrogens (tertiary/aromatic N) is 1. The Hall–Kier alpha value is -1.48. The van der Waals surface area contributed by atoms with E-state index in [2.05, 4.69) is 5.32 Å². The first-order valence-corrected chi connectivity index (χ1v) is 10.6. The molecule has 1 aromatic carbocycles. The summed E-state index contributed by atoms with van der Waals surface area (Å²) in [4.78, 5) is 12.2. The average molecular weight is 382 g/mol. The van der Waals surface area contributed by atoms with Crippen LogP contribution in [0.4, 0.5) is 5.69 Å². The second kappa shape index (κ2) is 8.94. The highest BCUT2D eigenvalue weighted by molar-refractivity contribution is 7.89. The zero-order chi connectivity index (χ0) is 18.4. The van der Waals surface area contributed by atoms with Gasteiger partial charge in [0.15, 0.2) is 0 Å². The fraction of sp³-hybridized carbons (Fsp3) is 0.611. The van der Waals surface area contributed by atoms with Crippen LogP contribution in [0.5, 0.6) is 0 Å². The Bertz CT molecular complexity index is 693. The van der Waals surface area contributed by atoms with E-state index in [1.165, 1.54) is 16.4 Å². The third kappa shape index (κ3) is 5.03. The smallest absolute Gasteiger partial charge is 0.243 e. The fourth-order valence-electron chi connectivity index (χ4n) is 3.17. The quantitative estimate of drug-likeness (QED) is 0.695. The van der Waals surface area contributed by atoms with Gasteiger partial charge in [0, 0.05) is 25.4 Å². The lowest BCUT2D eigenvalue weighted by atomic mass is 10.2. The lowest BCUT2D eigenvalue weighted by Crippen LogP contribution is -2.27. The molecule has 0 aromatic heterocycles. The van der Waals surface area contributed by atoms with Crippen molar-refractivity contribution in [2.24, 2.45) is 0 Å². The van der Waals surface area contributed by atoms with Crippen LogP contribution in [0.2, 0.25) is 0 Å². The summed E-state index contributed by atoms with van der Waals surface area (Å²) in [5.74, 6) is -0.160. The predicted octanol–water partition coefficient (Wildman–Crippen LogP) is 2.00. The highest BCUT2D eigenvalue weighted by atomic mass is 32.2. The van der Waals surface area contributed by atoms with Crippen molar-refractivity contribution in [2.75, 3.05) is 38.2 Å². The van der Waals surface area contributed by atoms with Crippen LogP contribution in [0.1, 0.15) is 32.1 Å². The molecule has 0 aliphatic carbocycles. The number of anilines is 1. The van der Waals surface area contributed by atoms with Gasteiger partial charge in [0.05, 0.1) is 30.6 Å². The Kier molecular flexibility index (Phi) is 6.63. The molecule has 3 rings (SSSR count). The molecule has 0 saturated carbocycles. The molecule has 7 nitrogen and oxygen atoms in total. The molecule has 26 heavy (non-hydrogen) atoms. The van der Waals surface area contributed by atoms with Crippen LogP contribution >= 0.6 is 0 Å². The van der Waals surface area contributed by atoms with Gasteiger partial charge in [0.25, 0.3) is 0 Å². The van der Waals surface area contributed by atoms with E-state index in [0.29, 0.717) is 32.0 Å². The predicted molar refractivity (Wildman–Crippen MR) is 97.5 cm³/mol. The fourth-order valence-corrected chi connectivity index (χ4v) is 4.68. The van der Waals surface area contributed by atoms with Crippen molar-refractivity contribution in [3.05, 3.63) is 24.3 Å². The van der Waals surface area contributed by atoms with Gasteiger partial charge in [-0.05, 0) is 49.9 Å². The molecule has 144 valence electrons. The van der Waals surface area contributed by atoms with Crippen molar-refractivity contribution in [2.45, 2.75) is 43.1 Å². The van der Waals surface area contributed by atoms with Crippen LogP contribution in [-0.4, -0.2) is 57.6 Å². The molecular formula is C18H26N2O5S. The zero-order valence-electron chi connectivity index (χ0n) is 14.9. The lowest BCUT2D eigenvalue weighted by Gasteiger charge is -2.15. The first kappa shape index (κ1) is 19.3. The largest absolute Gasteiger partial charge is 0.378 e. The summed E-state index contributed by atoms with van der Waals surface area (Å²) in [5, 5.41) is 2.76. The first-order chi connectivity index (χ1) is 12.6. The first-order valence-electron chi connectivity index (χ1n) is 9.15. The maximum Gasteiger partial charge on any atom is 0.243 e. The van der Waals surface area contributed by atoms with E-state index in [-0.39, 0.29) is 23.3 Å². The number of nitrogens with one attached hydrogen (secondary N) is 1. The van der Waals surface area contributed by atoms with E-state index in [1.54, 1.807) is 12.1 Å². The zero-order valence-corrected chi connectivity index (χ0v) is 15.7. The number of carbonyl (C=O) groups is 1. The Labute approximate surface area is 154 Å². The van der Waals surface area contributed by atoms with Gasteiger partial charge in [-0.2, -0.15) is 4.31 Å². The maximum absolute atomic E-state index is 12.5. The molecule has 2 aliphatic heterocycles. The molecule has 1 aromatic rings. The second-order valence-corrected chi connectivity index (χ2v) is 8.58. The van der Waals surface area contributed by atoms with Gasteiger partial charge in [0.1, 0.15) is 0 Å². The normalized spacial score (nSPS) is 21.2. The van der Waals surface area contributed by atoms with E-state index >= 15 is 0 Å². The van der Waals surface area contributed by atoms with Crippen LogP contribution in [0.15, 0.2) is 29.2 Å². The molecule has 2 fully saturated rings. The van der Waals surface area contributed by atoms with Crippen LogP contribution in [0, 0.1) is 0 Å². The number of hydrogen-bond donors (Lipinski definition) is 1. The van der Waals surface area contributed by atoms with Gasteiger partial charge in [-0.15, -0.1) is 0 Å². The number of benzene rings is 1. The van der Waals surface area contributed by atoms with Crippen molar-refractivity contribution in [3.63, 3.8) is 0 Å². The molecule has 0 bridgehead atoms. The van der Waals surface area contributed by atoms with Crippen molar-refractivity contribution in [3.8, 4) is 0 Å². The SMILES string of the molecule is O=C(CCOCC1CCCO1)Nc1ccc(S(=O)(=O)N2CCCC2)cc1. The Morgan fingerprint density at radius 1 is 1.19 bits per heavy atom. The molecule has 1 N–H and O–H groups in total. The Morgan fingerprint density at radius 2 is 1.92 bits per heavy atom. The minimum Gasteiger partial charge on any atom is -0.378 e. The highest BCUT2D eigenvalue weighted by Gasteiger charge is 2.26. The second-order valence-electron chi connectivity index (χ2n) is 6.64. The molecule has 1 atom stereocenters. The average Bonchev–Trinajstić information content (AvgIpc) is 3.33. The van der Waals surface area contributed by atoms with Crippen LogP contribution in [-0.2, 0) is 24.3 Å². The molecular weight excluding hydrogens is 356 g/mol. The van der Waals surface area contributed by atoms with Gasteiger partial charge < -0.3 is 14.8 Å². The molecule has 0 radical (unpaired) electrons. The van der Waals surface area contributed by atoms with Crippen molar-refractivity contribution < 1.29 is 22.7 Å². The third-order valence-electron chi connectivity index (χ3n) is 4.64.